The summed E-state index contributed by atoms with van der Waals surface area (Å²) in [5.74, 6) is -2.04. The Morgan fingerprint density at radius 1 is 0.457 bits per heavy atom. The summed E-state index contributed by atoms with van der Waals surface area (Å²) in [7, 11) is 0. The maximum atomic E-state index is 13.4. The van der Waals surface area contributed by atoms with Crippen LogP contribution in [0, 0.1) is 0 Å². The van der Waals surface area contributed by atoms with Gasteiger partial charge in [-0.25, -0.2) is 4.98 Å². The molecule has 4 N–H and O–H groups in total. The van der Waals surface area contributed by atoms with E-state index in [0.29, 0.717) is 11.4 Å². The SMILES string of the molecule is O=C(N[C@H](Cc1ccccc1)C(=O)Nc1ccccc1)c1cccc(C(=O)N[C@H](Cc2ccccc2)C(=O)Nc2ccccc2)n1. The summed E-state index contributed by atoms with van der Waals surface area (Å²) in [6, 6.07) is 39.2. The Kier molecular flexibility index (Phi) is 10.6. The van der Waals surface area contributed by atoms with Crippen molar-refractivity contribution in [1.82, 2.24) is 15.6 Å². The Morgan fingerprint density at radius 2 is 0.804 bits per heavy atom. The number of hydrogen-bond acceptors (Lipinski definition) is 5. The van der Waals surface area contributed by atoms with E-state index in [0.717, 1.165) is 11.1 Å². The highest BCUT2D eigenvalue weighted by atomic mass is 16.2. The number of carbonyl (C=O) groups is 4. The number of pyridine rings is 1. The molecule has 0 saturated heterocycles. The van der Waals surface area contributed by atoms with Gasteiger partial charge in [-0.1, -0.05) is 103 Å². The molecule has 9 nitrogen and oxygen atoms in total. The Balaban J connectivity index is 1.31. The molecule has 5 aromatic rings. The van der Waals surface area contributed by atoms with E-state index in [9.17, 15) is 19.2 Å². The van der Waals surface area contributed by atoms with Crippen LogP contribution < -0.4 is 21.3 Å². The molecule has 1 heterocycles. The van der Waals surface area contributed by atoms with Crippen molar-refractivity contribution >= 4 is 35.0 Å². The van der Waals surface area contributed by atoms with Crippen LogP contribution in [0.15, 0.2) is 140 Å². The molecule has 0 bridgehead atoms. The van der Waals surface area contributed by atoms with E-state index in [1.807, 2.05) is 72.8 Å². The quantitative estimate of drug-likeness (QED) is 0.157. The number of nitrogens with one attached hydrogen (secondary N) is 4. The lowest BCUT2D eigenvalue weighted by molar-refractivity contribution is -0.118. The van der Waals surface area contributed by atoms with Crippen LogP contribution in [0.2, 0.25) is 0 Å². The summed E-state index contributed by atoms with van der Waals surface area (Å²) in [6.07, 6.45) is 0.478. The van der Waals surface area contributed by atoms with E-state index in [4.69, 9.17) is 0 Å². The van der Waals surface area contributed by atoms with Crippen LogP contribution in [0.4, 0.5) is 11.4 Å². The minimum absolute atomic E-state index is 0.0495. The molecular formula is C37H33N5O4. The fraction of sp³-hybridized carbons (Fsp3) is 0.108. The molecule has 0 saturated carbocycles. The van der Waals surface area contributed by atoms with Gasteiger partial charge in [-0.2, -0.15) is 0 Å². The first kappa shape index (κ1) is 31.3. The van der Waals surface area contributed by atoms with Crippen molar-refractivity contribution in [1.29, 1.82) is 0 Å². The Morgan fingerprint density at radius 3 is 1.17 bits per heavy atom. The zero-order chi connectivity index (χ0) is 32.1. The first-order valence-corrected chi connectivity index (χ1v) is 14.8. The standard InChI is InChI=1S/C37H33N5O4/c43-34(41-32(24-26-14-5-1-6-15-26)36(45)38-28-18-9-3-10-19-28)30-22-13-23-31(40-30)35(44)42-33(25-27-16-7-2-8-17-27)37(46)39-29-20-11-4-12-21-29/h1-23,32-33H,24-25H2,(H,38,45)(H,39,46)(H,41,43)(H,42,44)/t32-,33-/m1/s1. The molecule has 0 fully saturated rings. The van der Waals surface area contributed by atoms with E-state index in [1.54, 1.807) is 48.5 Å². The van der Waals surface area contributed by atoms with Gasteiger partial charge in [-0.3, -0.25) is 19.2 Å². The highest BCUT2D eigenvalue weighted by Gasteiger charge is 2.25. The monoisotopic (exact) mass is 611 g/mol. The summed E-state index contributed by atoms with van der Waals surface area (Å²) >= 11 is 0. The van der Waals surface area contributed by atoms with E-state index in [1.165, 1.54) is 18.2 Å². The second kappa shape index (κ2) is 15.6. The van der Waals surface area contributed by atoms with Gasteiger partial charge in [0, 0.05) is 24.2 Å². The predicted octanol–water partition coefficient (Wildman–Crippen LogP) is 5.04. The molecule has 9 heteroatoms. The van der Waals surface area contributed by atoms with Gasteiger partial charge in [-0.05, 0) is 47.5 Å². The number of anilines is 2. The second-order valence-corrected chi connectivity index (χ2v) is 10.6. The molecule has 2 atom stereocenters. The molecule has 4 amide bonds. The van der Waals surface area contributed by atoms with E-state index >= 15 is 0 Å². The summed E-state index contributed by atoms with van der Waals surface area (Å²) in [6.45, 7) is 0. The first-order valence-electron chi connectivity index (χ1n) is 14.8. The normalized spacial score (nSPS) is 11.8. The third kappa shape index (κ3) is 8.96. The number of hydrogen-bond donors (Lipinski definition) is 4. The number of rotatable bonds is 12. The minimum Gasteiger partial charge on any atom is -0.339 e. The minimum atomic E-state index is -0.925. The van der Waals surface area contributed by atoms with Gasteiger partial charge in [0.1, 0.15) is 23.5 Å². The van der Waals surface area contributed by atoms with Gasteiger partial charge in [0.2, 0.25) is 11.8 Å². The van der Waals surface area contributed by atoms with E-state index in [2.05, 4.69) is 26.3 Å². The number of amides is 4. The van der Waals surface area contributed by atoms with Crippen molar-refractivity contribution in [3.05, 3.63) is 162 Å². The number of para-hydroxylation sites is 2. The maximum absolute atomic E-state index is 13.4. The smallest absolute Gasteiger partial charge is 0.270 e. The topological polar surface area (TPSA) is 129 Å². The largest absolute Gasteiger partial charge is 0.339 e. The lowest BCUT2D eigenvalue weighted by atomic mass is 10.0. The summed E-state index contributed by atoms with van der Waals surface area (Å²) < 4.78 is 0. The van der Waals surface area contributed by atoms with Crippen LogP contribution >= 0.6 is 0 Å². The van der Waals surface area contributed by atoms with Crippen LogP contribution in [0.25, 0.3) is 0 Å². The summed E-state index contributed by atoms with van der Waals surface area (Å²) in [5, 5.41) is 11.2. The Labute approximate surface area is 267 Å². The Bertz CT molecular complexity index is 1640. The predicted molar refractivity (Wildman–Crippen MR) is 177 cm³/mol. The first-order chi connectivity index (χ1) is 22.4. The van der Waals surface area contributed by atoms with E-state index in [-0.39, 0.29) is 24.2 Å². The van der Waals surface area contributed by atoms with E-state index < -0.39 is 35.7 Å². The lowest BCUT2D eigenvalue weighted by Crippen LogP contribution is -2.46. The highest BCUT2D eigenvalue weighted by molar-refractivity contribution is 6.03. The van der Waals surface area contributed by atoms with Gasteiger partial charge in [-0.15, -0.1) is 0 Å². The molecule has 0 radical (unpaired) electrons. The van der Waals surface area contributed by atoms with Crippen molar-refractivity contribution in [2.45, 2.75) is 24.9 Å². The maximum Gasteiger partial charge on any atom is 0.270 e. The van der Waals surface area contributed by atoms with Crippen molar-refractivity contribution < 1.29 is 19.2 Å². The molecule has 0 spiro atoms. The van der Waals surface area contributed by atoms with Gasteiger partial charge in [0.15, 0.2) is 0 Å². The number of nitrogens with zero attached hydrogens (tertiary/aromatic N) is 1. The van der Waals surface area contributed by atoms with Crippen molar-refractivity contribution in [2.75, 3.05) is 10.6 Å². The fourth-order valence-electron chi connectivity index (χ4n) is 4.77. The van der Waals surface area contributed by atoms with Crippen molar-refractivity contribution in [2.24, 2.45) is 0 Å². The summed E-state index contributed by atoms with van der Waals surface area (Å²) in [4.78, 5) is 57.7. The average Bonchev–Trinajstić information content (AvgIpc) is 3.09. The molecular weight excluding hydrogens is 578 g/mol. The molecule has 4 aromatic carbocycles. The molecule has 1 aromatic heterocycles. The number of benzene rings is 4. The molecule has 0 aliphatic carbocycles. The van der Waals surface area contributed by atoms with Crippen LogP contribution in [0.3, 0.4) is 0 Å². The third-order valence-electron chi connectivity index (χ3n) is 7.11. The zero-order valence-electron chi connectivity index (χ0n) is 24.9. The third-order valence-corrected chi connectivity index (χ3v) is 7.11. The molecule has 5 rings (SSSR count). The molecule has 0 aliphatic rings. The van der Waals surface area contributed by atoms with Gasteiger partial charge < -0.3 is 21.3 Å². The highest BCUT2D eigenvalue weighted by Crippen LogP contribution is 2.12. The van der Waals surface area contributed by atoms with Crippen LogP contribution in [0.5, 0.6) is 0 Å². The molecule has 230 valence electrons. The fourth-order valence-corrected chi connectivity index (χ4v) is 4.77. The van der Waals surface area contributed by atoms with Gasteiger partial charge in [0.05, 0.1) is 0 Å². The van der Waals surface area contributed by atoms with Gasteiger partial charge in [0.25, 0.3) is 11.8 Å². The van der Waals surface area contributed by atoms with Crippen LogP contribution in [0.1, 0.15) is 32.1 Å². The Hall–Kier alpha value is -6.09. The lowest BCUT2D eigenvalue weighted by Gasteiger charge is -2.20. The van der Waals surface area contributed by atoms with Gasteiger partial charge >= 0.3 is 0 Å². The summed E-state index contributed by atoms with van der Waals surface area (Å²) in [5.41, 5.74) is 2.81. The zero-order valence-corrected chi connectivity index (χ0v) is 24.9. The molecule has 46 heavy (non-hydrogen) atoms. The second-order valence-electron chi connectivity index (χ2n) is 10.6. The van der Waals surface area contributed by atoms with Crippen LogP contribution in [-0.2, 0) is 22.4 Å². The average molecular weight is 612 g/mol. The number of aromatic nitrogens is 1. The van der Waals surface area contributed by atoms with Crippen molar-refractivity contribution in [3.8, 4) is 0 Å². The number of carbonyl (C=O) groups excluding carboxylic acids is 4. The van der Waals surface area contributed by atoms with Crippen LogP contribution in [-0.4, -0.2) is 40.7 Å². The molecule has 0 aliphatic heterocycles. The van der Waals surface area contributed by atoms with Crippen molar-refractivity contribution in [3.63, 3.8) is 0 Å². The molecule has 0 unspecified atom stereocenters.